The Balaban J connectivity index is 1.62. The highest BCUT2D eigenvalue weighted by atomic mass is 32.2. The molecule has 0 saturated carbocycles. The van der Waals surface area contributed by atoms with Gasteiger partial charge >= 0.3 is 5.63 Å². The first-order valence-electron chi connectivity index (χ1n) is 10.9. The number of fused-ring (bicyclic) bond motifs is 3. The van der Waals surface area contributed by atoms with Crippen LogP contribution >= 0.6 is 0 Å². The number of amides is 1. The SMILES string of the molecule is COc1cc2c(c3oc(=O)c(CCC(=O)N[C@H]4CS(=O)(=O)C[C@@H]4O)c(C)c13)CCC(C)(C)O2. The number of carbonyl (C=O) groups excluding carboxylic acids is 1. The molecule has 9 nitrogen and oxygen atoms in total. The lowest BCUT2D eigenvalue weighted by atomic mass is 9.91. The first kappa shape index (κ1) is 23.6. The van der Waals surface area contributed by atoms with Crippen LogP contribution in [0.3, 0.4) is 0 Å². The van der Waals surface area contributed by atoms with E-state index >= 15 is 0 Å². The maximum atomic E-state index is 12.9. The zero-order valence-electron chi connectivity index (χ0n) is 19.2. The van der Waals surface area contributed by atoms with Gasteiger partial charge in [0.1, 0.15) is 22.7 Å². The summed E-state index contributed by atoms with van der Waals surface area (Å²) in [6, 6.07) is 0.969. The van der Waals surface area contributed by atoms with E-state index in [1.165, 1.54) is 7.11 Å². The van der Waals surface area contributed by atoms with E-state index in [4.69, 9.17) is 13.9 Å². The fraction of sp³-hybridized carbons (Fsp3) is 0.565. The van der Waals surface area contributed by atoms with E-state index in [1.807, 2.05) is 19.9 Å². The summed E-state index contributed by atoms with van der Waals surface area (Å²) in [5.41, 5.74) is 1.42. The van der Waals surface area contributed by atoms with Gasteiger partial charge in [-0.05, 0) is 45.6 Å². The van der Waals surface area contributed by atoms with Crippen molar-refractivity contribution in [1.29, 1.82) is 0 Å². The molecule has 1 aromatic heterocycles. The van der Waals surface area contributed by atoms with Crippen LogP contribution in [0.15, 0.2) is 15.3 Å². The Morgan fingerprint density at radius 2 is 2.06 bits per heavy atom. The number of ether oxygens (including phenoxy) is 2. The van der Waals surface area contributed by atoms with Crippen molar-refractivity contribution in [2.45, 2.75) is 64.2 Å². The summed E-state index contributed by atoms with van der Waals surface area (Å²) in [5.74, 6) is 0.0558. The first-order valence-corrected chi connectivity index (χ1v) is 12.8. The number of methoxy groups -OCH3 is 1. The van der Waals surface area contributed by atoms with Gasteiger partial charge < -0.3 is 24.3 Å². The zero-order chi connectivity index (χ0) is 24.1. The Hall–Kier alpha value is -2.59. The molecule has 0 bridgehead atoms. The molecule has 2 atom stereocenters. The van der Waals surface area contributed by atoms with E-state index < -0.39 is 33.5 Å². The zero-order valence-corrected chi connectivity index (χ0v) is 20.0. The molecule has 10 heteroatoms. The lowest BCUT2D eigenvalue weighted by Gasteiger charge is -2.33. The molecule has 0 radical (unpaired) electrons. The Kier molecular flexibility index (Phi) is 5.94. The van der Waals surface area contributed by atoms with Gasteiger partial charge in [-0.15, -0.1) is 0 Å². The number of rotatable bonds is 5. The summed E-state index contributed by atoms with van der Waals surface area (Å²) < 4.78 is 40.7. The van der Waals surface area contributed by atoms with Gasteiger partial charge in [0.2, 0.25) is 5.91 Å². The standard InChI is InChI=1S/C23H29NO8S/c1-12-13(5-6-19(26)24-15-10-33(28,29)11-16(15)25)22(27)31-21-14-7-8-23(2,3)32-17(14)9-18(30-4)20(12)21/h9,15-16,25H,5-8,10-11H2,1-4H3,(H,24,26)/t15-,16-/m0/s1. The van der Waals surface area contributed by atoms with E-state index in [0.717, 1.165) is 12.0 Å². The number of carbonyl (C=O) groups is 1. The molecule has 4 rings (SSSR count). The van der Waals surface area contributed by atoms with Crippen molar-refractivity contribution in [3.63, 3.8) is 0 Å². The fourth-order valence-electron chi connectivity index (χ4n) is 4.62. The van der Waals surface area contributed by atoms with Crippen LogP contribution in [0, 0.1) is 6.92 Å². The van der Waals surface area contributed by atoms with Gasteiger partial charge in [0.25, 0.3) is 0 Å². The largest absolute Gasteiger partial charge is 0.496 e. The van der Waals surface area contributed by atoms with Crippen LogP contribution in [-0.2, 0) is 27.5 Å². The summed E-state index contributed by atoms with van der Waals surface area (Å²) in [6.45, 7) is 5.80. The van der Waals surface area contributed by atoms with Crippen LogP contribution in [0.5, 0.6) is 11.5 Å². The Bertz CT molecular complexity index is 1280. The van der Waals surface area contributed by atoms with Gasteiger partial charge in [-0.1, -0.05) is 0 Å². The van der Waals surface area contributed by atoms with Gasteiger partial charge in [0, 0.05) is 23.6 Å². The summed E-state index contributed by atoms with van der Waals surface area (Å²) in [4.78, 5) is 25.3. The summed E-state index contributed by atoms with van der Waals surface area (Å²) in [7, 11) is -1.84. The average Bonchev–Trinajstić information content (AvgIpc) is 2.96. The first-order chi connectivity index (χ1) is 15.4. The van der Waals surface area contributed by atoms with E-state index in [9.17, 15) is 23.1 Å². The molecular formula is C23H29NO8S. The molecule has 0 unspecified atom stereocenters. The minimum absolute atomic E-state index is 0.0507. The van der Waals surface area contributed by atoms with Crippen LogP contribution in [0.25, 0.3) is 11.0 Å². The number of benzene rings is 1. The van der Waals surface area contributed by atoms with Gasteiger partial charge in [0.15, 0.2) is 9.84 Å². The highest BCUT2D eigenvalue weighted by Gasteiger charge is 2.37. The van der Waals surface area contributed by atoms with Crippen LogP contribution in [0.2, 0.25) is 0 Å². The Morgan fingerprint density at radius 1 is 1.33 bits per heavy atom. The third kappa shape index (κ3) is 4.59. The van der Waals surface area contributed by atoms with E-state index in [-0.39, 0.29) is 29.9 Å². The van der Waals surface area contributed by atoms with Crippen molar-refractivity contribution in [3.8, 4) is 11.5 Å². The van der Waals surface area contributed by atoms with Gasteiger partial charge in [-0.2, -0.15) is 0 Å². The van der Waals surface area contributed by atoms with E-state index in [0.29, 0.717) is 40.0 Å². The van der Waals surface area contributed by atoms with Crippen molar-refractivity contribution >= 4 is 26.7 Å². The Morgan fingerprint density at radius 3 is 2.70 bits per heavy atom. The number of sulfone groups is 1. The molecule has 0 spiro atoms. The van der Waals surface area contributed by atoms with Crippen LogP contribution in [0.1, 0.15) is 43.4 Å². The monoisotopic (exact) mass is 479 g/mol. The topological polar surface area (TPSA) is 132 Å². The van der Waals surface area contributed by atoms with Crippen molar-refractivity contribution in [2.24, 2.45) is 0 Å². The van der Waals surface area contributed by atoms with Gasteiger partial charge in [-0.25, -0.2) is 13.2 Å². The normalized spacial score (nSPS) is 23.1. The predicted octanol–water partition coefficient (Wildman–Crippen LogP) is 1.42. The minimum Gasteiger partial charge on any atom is -0.496 e. The van der Waals surface area contributed by atoms with E-state index in [2.05, 4.69) is 5.32 Å². The molecule has 2 N–H and O–H groups in total. The Labute approximate surface area is 192 Å². The summed E-state index contributed by atoms with van der Waals surface area (Å²) in [5, 5.41) is 13.1. The molecule has 3 heterocycles. The molecule has 180 valence electrons. The van der Waals surface area contributed by atoms with Crippen molar-refractivity contribution in [1.82, 2.24) is 5.32 Å². The molecule has 1 saturated heterocycles. The van der Waals surface area contributed by atoms with Gasteiger partial charge in [-0.3, -0.25) is 4.79 Å². The molecular weight excluding hydrogens is 450 g/mol. The molecule has 2 aliphatic rings. The number of hydrogen-bond acceptors (Lipinski definition) is 8. The third-order valence-electron chi connectivity index (χ3n) is 6.43. The number of aliphatic hydroxyl groups excluding tert-OH is 1. The maximum Gasteiger partial charge on any atom is 0.339 e. The van der Waals surface area contributed by atoms with Gasteiger partial charge in [0.05, 0.1) is 36.1 Å². The minimum atomic E-state index is -3.37. The maximum absolute atomic E-state index is 12.9. The van der Waals surface area contributed by atoms with Crippen molar-refractivity contribution < 1.29 is 32.2 Å². The summed E-state index contributed by atoms with van der Waals surface area (Å²) >= 11 is 0. The molecule has 1 amide bonds. The second-order valence-electron chi connectivity index (χ2n) is 9.43. The second-order valence-corrected chi connectivity index (χ2v) is 11.6. The number of nitrogens with one attached hydrogen (secondary N) is 1. The highest BCUT2D eigenvalue weighted by molar-refractivity contribution is 7.91. The third-order valence-corrected chi connectivity index (χ3v) is 8.15. The fourth-order valence-corrected chi connectivity index (χ4v) is 6.36. The smallest absolute Gasteiger partial charge is 0.339 e. The molecule has 2 aliphatic heterocycles. The van der Waals surface area contributed by atoms with E-state index in [1.54, 1.807) is 6.92 Å². The molecule has 0 aliphatic carbocycles. The second kappa shape index (κ2) is 8.32. The average molecular weight is 480 g/mol. The van der Waals surface area contributed by atoms with Crippen LogP contribution < -0.4 is 20.4 Å². The molecule has 33 heavy (non-hydrogen) atoms. The quantitative estimate of drug-likeness (QED) is 0.616. The number of hydrogen-bond donors (Lipinski definition) is 2. The van der Waals surface area contributed by atoms with Crippen LogP contribution in [-0.4, -0.2) is 55.8 Å². The van der Waals surface area contributed by atoms with Crippen molar-refractivity contribution in [2.75, 3.05) is 18.6 Å². The lowest BCUT2D eigenvalue weighted by Crippen LogP contribution is -2.42. The van der Waals surface area contributed by atoms with Crippen molar-refractivity contribution in [3.05, 3.63) is 33.2 Å². The predicted molar refractivity (Wildman–Crippen MR) is 122 cm³/mol. The van der Waals surface area contributed by atoms with Crippen LogP contribution in [0.4, 0.5) is 0 Å². The number of aliphatic hydroxyl groups is 1. The molecule has 1 fully saturated rings. The highest BCUT2D eigenvalue weighted by Crippen LogP contribution is 2.43. The number of aryl methyl sites for hydroxylation is 2. The lowest BCUT2D eigenvalue weighted by molar-refractivity contribution is -0.122. The molecule has 1 aromatic carbocycles. The molecule has 2 aromatic rings. The summed E-state index contributed by atoms with van der Waals surface area (Å²) in [6.07, 6.45) is 0.392.